The van der Waals surface area contributed by atoms with E-state index in [4.69, 9.17) is 5.73 Å². The number of nitrogens with one attached hydrogen (secondary N) is 1. The fraction of sp³-hybridized carbons (Fsp3) is 0.278. The van der Waals surface area contributed by atoms with Crippen molar-refractivity contribution >= 4 is 29.0 Å². The molecule has 0 fully saturated rings. The van der Waals surface area contributed by atoms with Crippen LogP contribution in [0.1, 0.15) is 17.5 Å². The number of alkyl halides is 3. The van der Waals surface area contributed by atoms with E-state index in [0.29, 0.717) is 34.5 Å². The van der Waals surface area contributed by atoms with Crippen molar-refractivity contribution < 1.29 is 18.0 Å². The first-order valence-corrected chi connectivity index (χ1v) is 8.66. The number of hydrogen-bond donors (Lipinski definition) is 2. The van der Waals surface area contributed by atoms with Crippen molar-refractivity contribution in [3.8, 4) is 0 Å². The molecule has 2 aromatic carbocycles. The Hall–Kier alpha value is -2.15. The molecule has 1 amide bonds. The fourth-order valence-electron chi connectivity index (χ4n) is 2.25. The van der Waals surface area contributed by atoms with Crippen LogP contribution in [0.25, 0.3) is 0 Å². The number of para-hydroxylation sites is 1. The van der Waals surface area contributed by atoms with E-state index >= 15 is 0 Å². The molecular weight excluding hydrogens is 349 g/mol. The molecule has 0 atom stereocenters. The lowest BCUT2D eigenvalue weighted by molar-refractivity contribution is -0.116. The smallest absolute Gasteiger partial charge is 0.398 e. The highest BCUT2D eigenvalue weighted by Gasteiger charge is 2.27. The number of amides is 1. The average Bonchev–Trinajstić information content (AvgIpc) is 2.52. The quantitative estimate of drug-likeness (QED) is 0.569. The molecule has 0 heterocycles. The highest BCUT2D eigenvalue weighted by molar-refractivity contribution is 7.99. The van der Waals surface area contributed by atoms with E-state index in [2.05, 4.69) is 5.32 Å². The summed E-state index contributed by atoms with van der Waals surface area (Å²) >= 11 is 0.662. The third-order valence-corrected chi connectivity index (χ3v) is 4.62. The average molecular weight is 368 g/mol. The molecule has 0 spiro atoms. The molecule has 134 valence electrons. The Morgan fingerprint density at radius 3 is 2.60 bits per heavy atom. The molecule has 0 aromatic heterocycles. The van der Waals surface area contributed by atoms with E-state index in [9.17, 15) is 18.0 Å². The van der Waals surface area contributed by atoms with Gasteiger partial charge in [-0.15, -0.1) is 11.8 Å². The summed E-state index contributed by atoms with van der Waals surface area (Å²) < 4.78 is 37.3. The van der Waals surface area contributed by atoms with Gasteiger partial charge in [-0.05, 0) is 42.7 Å². The molecule has 7 heteroatoms. The fourth-order valence-corrected chi connectivity index (χ4v) is 3.00. The standard InChI is InChI=1S/C18H19F3N2OS/c1-12-6-8-16(25-11-18(19,20)21)15(10-12)23-17(24)9-7-13-4-2-3-5-14(13)22/h2-6,8,10H,7,9,11,22H2,1H3,(H,23,24). The summed E-state index contributed by atoms with van der Waals surface area (Å²) in [5.41, 5.74) is 8.59. The van der Waals surface area contributed by atoms with E-state index in [1.54, 1.807) is 24.3 Å². The van der Waals surface area contributed by atoms with Crippen molar-refractivity contribution in [1.29, 1.82) is 0 Å². The van der Waals surface area contributed by atoms with E-state index in [0.717, 1.165) is 11.1 Å². The van der Waals surface area contributed by atoms with Crippen molar-refractivity contribution in [3.63, 3.8) is 0 Å². The zero-order valence-electron chi connectivity index (χ0n) is 13.7. The zero-order valence-corrected chi connectivity index (χ0v) is 14.5. The van der Waals surface area contributed by atoms with Crippen molar-refractivity contribution in [1.82, 2.24) is 0 Å². The minimum Gasteiger partial charge on any atom is -0.399 e. The largest absolute Gasteiger partial charge is 0.399 e. The van der Waals surface area contributed by atoms with E-state index in [1.165, 1.54) is 0 Å². The topological polar surface area (TPSA) is 55.1 Å². The number of carbonyl (C=O) groups excluding carboxylic acids is 1. The molecule has 0 aliphatic carbocycles. The van der Waals surface area contributed by atoms with Crippen LogP contribution in [0.3, 0.4) is 0 Å². The van der Waals surface area contributed by atoms with Crippen LogP contribution < -0.4 is 11.1 Å². The lowest BCUT2D eigenvalue weighted by atomic mass is 10.1. The van der Waals surface area contributed by atoms with Crippen molar-refractivity contribution in [2.45, 2.75) is 30.8 Å². The number of nitrogens with two attached hydrogens (primary N) is 1. The van der Waals surface area contributed by atoms with Gasteiger partial charge in [-0.25, -0.2) is 0 Å². The third-order valence-electron chi connectivity index (χ3n) is 3.48. The van der Waals surface area contributed by atoms with Gasteiger partial charge < -0.3 is 11.1 Å². The maximum Gasteiger partial charge on any atom is 0.398 e. The summed E-state index contributed by atoms with van der Waals surface area (Å²) in [6.45, 7) is 1.82. The van der Waals surface area contributed by atoms with Crippen LogP contribution in [-0.2, 0) is 11.2 Å². The minimum absolute atomic E-state index is 0.200. The second kappa shape index (κ2) is 8.29. The third kappa shape index (κ3) is 6.34. The zero-order chi connectivity index (χ0) is 18.4. The van der Waals surface area contributed by atoms with Gasteiger partial charge in [0.1, 0.15) is 0 Å². The number of rotatable bonds is 6. The summed E-state index contributed by atoms with van der Waals surface area (Å²) in [6.07, 6.45) is -3.59. The predicted octanol–water partition coefficient (Wildman–Crippen LogP) is 4.80. The molecule has 2 rings (SSSR count). The molecule has 25 heavy (non-hydrogen) atoms. The Kier molecular flexibility index (Phi) is 6.36. The Morgan fingerprint density at radius 2 is 1.92 bits per heavy atom. The molecule has 3 nitrogen and oxygen atoms in total. The Labute approximate surface area is 148 Å². The van der Waals surface area contributed by atoms with E-state index < -0.39 is 11.9 Å². The number of aryl methyl sites for hydroxylation is 2. The van der Waals surface area contributed by atoms with Crippen LogP contribution in [0.15, 0.2) is 47.4 Å². The first-order chi connectivity index (χ1) is 11.7. The Morgan fingerprint density at radius 1 is 1.20 bits per heavy atom. The molecule has 0 aliphatic rings. The Balaban J connectivity index is 2.01. The minimum atomic E-state index is -4.26. The first-order valence-electron chi connectivity index (χ1n) is 7.68. The first kappa shape index (κ1) is 19.2. The monoisotopic (exact) mass is 368 g/mol. The summed E-state index contributed by atoms with van der Waals surface area (Å²) in [5.74, 6) is -1.26. The van der Waals surface area contributed by atoms with E-state index in [-0.39, 0.29) is 12.3 Å². The maximum atomic E-state index is 12.4. The summed E-state index contributed by atoms with van der Waals surface area (Å²) in [5, 5.41) is 2.71. The molecular formula is C18H19F3N2OS. The molecule has 0 saturated carbocycles. The molecule has 0 bridgehead atoms. The van der Waals surface area contributed by atoms with Crippen molar-refractivity contribution in [3.05, 3.63) is 53.6 Å². The van der Waals surface area contributed by atoms with Crippen molar-refractivity contribution in [2.75, 3.05) is 16.8 Å². The van der Waals surface area contributed by atoms with Gasteiger partial charge in [0, 0.05) is 17.0 Å². The van der Waals surface area contributed by atoms with Gasteiger partial charge in [0.05, 0.1) is 11.4 Å². The molecule has 0 saturated heterocycles. The molecule has 0 aliphatic heterocycles. The van der Waals surface area contributed by atoms with Crippen LogP contribution in [0.4, 0.5) is 24.5 Å². The van der Waals surface area contributed by atoms with Gasteiger partial charge in [0.15, 0.2) is 0 Å². The van der Waals surface area contributed by atoms with Crippen LogP contribution in [-0.4, -0.2) is 17.8 Å². The number of thioether (sulfide) groups is 1. The molecule has 0 unspecified atom stereocenters. The lowest BCUT2D eigenvalue weighted by Gasteiger charge is -2.13. The Bertz CT molecular complexity index is 747. The van der Waals surface area contributed by atoms with Crippen LogP contribution in [0, 0.1) is 6.92 Å². The van der Waals surface area contributed by atoms with Gasteiger partial charge in [0.2, 0.25) is 5.91 Å². The van der Waals surface area contributed by atoms with Gasteiger partial charge in [-0.1, -0.05) is 24.3 Å². The highest BCUT2D eigenvalue weighted by Crippen LogP contribution is 2.33. The number of nitrogen functional groups attached to an aromatic ring is 1. The number of carbonyl (C=O) groups is 1. The number of halogens is 3. The van der Waals surface area contributed by atoms with Crippen LogP contribution in [0.5, 0.6) is 0 Å². The number of benzene rings is 2. The van der Waals surface area contributed by atoms with Gasteiger partial charge in [-0.3, -0.25) is 4.79 Å². The highest BCUT2D eigenvalue weighted by atomic mass is 32.2. The number of anilines is 2. The predicted molar refractivity (Wildman–Crippen MR) is 95.8 cm³/mol. The van der Waals surface area contributed by atoms with Crippen LogP contribution >= 0.6 is 11.8 Å². The van der Waals surface area contributed by atoms with E-state index in [1.807, 2.05) is 25.1 Å². The van der Waals surface area contributed by atoms with Crippen molar-refractivity contribution in [2.24, 2.45) is 0 Å². The molecule has 3 N–H and O–H groups in total. The second-order valence-electron chi connectivity index (χ2n) is 5.65. The van der Waals surface area contributed by atoms with Gasteiger partial charge >= 0.3 is 6.18 Å². The van der Waals surface area contributed by atoms with Gasteiger partial charge in [-0.2, -0.15) is 13.2 Å². The summed E-state index contributed by atoms with van der Waals surface area (Å²) in [7, 11) is 0. The maximum absolute atomic E-state index is 12.4. The SMILES string of the molecule is Cc1ccc(SCC(F)(F)F)c(NC(=O)CCc2ccccc2N)c1. The second-order valence-corrected chi connectivity index (χ2v) is 6.67. The molecule has 2 aromatic rings. The van der Waals surface area contributed by atoms with Crippen LogP contribution in [0.2, 0.25) is 0 Å². The summed E-state index contributed by atoms with van der Waals surface area (Å²) in [4.78, 5) is 12.6. The molecule has 0 radical (unpaired) electrons. The van der Waals surface area contributed by atoms with Gasteiger partial charge in [0.25, 0.3) is 0 Å². The number of hydrogen-bond acceptors (Lipinski definition) is 3. The summed E-state index contributed by atoms with van der Waals surface area (Å²) in [6, 6.07) is 12.3. The lowest BCUT2D eigenvalue weighted by Crippen LogP contribution is -2.14. The normalized spacial score (nSPS) is 11.4.